The summed E-state index contributed by atoms with van der Waals surface area (Å²) in [5.41, 5.74) is 0. The van der Waals surface area contributed by atoms with E-state index in [0.29, 0.717) is 0 Å². The van der Waals surface area contributed by atoms with E-state index in [9.17, 15) is 14.8 Å². The van der Waals surface area contributed by atoms with E-state index < -0.39 is 37.7 Å². The van der Waals surface area contributed by atoms with Gasteiger partial charge in [0.15, 0.2) is 5.79 Å². The molecular formula is C13H25O9P. The molecule has 136 valence electrons. The van der Waals surface area contributed by atoms with Crippen LogP contribution in [0.5, 0.6) is 0 Å². The van der Waals surface area contributed by atoms with Crippen LogP contribution < -0.4 is 0 Å². The molecule has 0 aliphatic carbocycles. The smallest absolute Gasteiger partial charge is 0.388 e. The maximum Gasteiger partial charge on any atom is 0.474 e. The van der Waals surface area contributed by atoms with E-state index in [-0.39, 0.29) is 26.4 Å². The first-order valence-corrected chi connectivity index (χ1v) is 9.05. The molecule has 2 aliphatic heterocycles. The zero-order valence-electron chi connectivity index (χ0n) is 13.8. The van der Waals surface area contributed by atoms with Crippen molar-refractivity contribution in [3.8, 4) is 0 Å². The Morgan fingerprint density at radius 2 is 1.78 bits per heavy atom. The first kappa shape index (κ1) is 19.2. The lowest BCUT2D eigenvalue weighted by molar-refractivity contribution is -0.302. The van der Waals surface area contributed by atoms with Crippen molar-refractivity contribution >= 4 is 7.82 Å². The molecule has 0 aromatic carbocycles. The van der Waals surface area contributed by atoms with Crippen molar-refractivity contribution in [1.82, 2.24) is 0 Å². The molecule has 0 spiro atoms. The molecule has 23 heavy (non-hydrogen) atoms. The first-order chi connectivity index (χ1) is 10.7. The Balaban J connectivity index is 2.16. The van der Waals surface area contributed by atoms with E-state index in [1.807, 2.05) is 0 Å². The Bertz CT molecular complexity index is 447. The van der Waals surface area contributed by atoms with Crippen LogP contribution in [0.2, 0.25) is 0 Å². The van der Waals surface area contributed by atoms with Crippen LogP contribution in [-0.4, -0.2) is 66.5 Å². The number of hydrogen-bond donors (Lipinski definition) is 2. The van der Waals surface area contributed by atoms with Crippen molar-refractivity contribution < 1.29 is 42.6 Å². The largest absolute Gasteiger partial charge is 0.474 e. The molecule has 2 N–H and O–H groups in total. The molecule has 10 heteroatoms. The highest BCUT2D eigenvalue weighted by atomic mass is 31.2. The Kier molecular flexibility index (Phi) is 5.88. The lowest BCUT2D eigenvalue weighted by atomic mass is 9.98. The lowest BCUT2D eigenvalue weighted by Gasteiger charge is -2.40. The zero-order valence-corrected chi connectivity index (χ0v) is 14.7. The molecule has 0 amide bonds. The summed E-state index contributed by atoms with van der Waals surface area (Å²) < 4.78 is 44.7. The predicted octanol–water partition coefficient (Wildman–Crippen LogP) is 0.784. The maximum absolute atomic E-state index is 12.4. The van der Waals surface area contributed by atoms with Crippen LogP contribution in [0.3, 0.4) is 0 Å². The minimum absolute atomic E-state index is 0.138. The number of ether oxygens (including phenoxy) is 3. The molecule has 0 aromatic heterocycles. The molecule has 2 aliphatic rings. The molecule has 0 radical (unpaired) electrons. The molecule has 0 unspecified atom stereocenters. The topological polar surface area (TPSA) is 113 Å². The minimum Gasteiger partial charge on any atom is -0.388 e. The summed E-state index contributed by atoms with van der Waals surface area (Å²) in [7, 11) is -3.78. The molecule has 4 atom stereocenters. The van der Waals surface area contributed by atoms with E-state index >= 15 is 0 Å². The minimum atomic E-state index is -3.78. The number of phosphoric ester groups is 1. The molecular weight excluding hydrogens is 331 g/mol. The summed E-state index contributed by atoms with van der Waals surface area (Å²) >= 11 is 0. The highest BCUT2D eigenvalue weighted by molar-refractivity contribution is 7.48. The SMILES string of the molecule is CCOP(=O)(OCC)OC[C@]12OC[C@@H](O)[C@@H](O)[C@@H]1OC(C)(C)O2. The van der Waals surface area contributed by atoms with E-state index in [0.717, 1.165) is 0 Å². The van der Waals surface area contributed by atoms with Gasteiger partial charge in [-0.25, -0.2) is 4.57 Å². The van der Waals surface area contributed by atoms with Gasteiger partial charge < -0.3 is 24.4 Å². The molecule has 0 bridgehead atoms. The standard InChI is InChI=1S/C13H25O9P/c1-5-18-23(16,19-6-2)20-8-13-11(21-12(3,4)22-13)10(15)9(14)7-17-13/h9-11,14-15H,5-8H2,1-4H3/t9-,10-,11+,13-/m1/s1. The number of rotatable bonds is 7. The summed E-state index contributed by atoms with van der Waals surface area (Å²) in [6.45, 7) is 6.35. The average molecular weight is 356 g/mol. The van der Waals surface area contributed by atoms with Gasteiger partial charge in [0.1, 0.15) is 24.9 Å². The van der Waals surface area contributed by atoms with Gasteiger partial charge in [-0.1, -0.05) is 0 Å². The van der Waals surface area contributed by atoms with Crippen molar-refractivity contribution in [3.63, 3.8) is 0 Å². The van der Waals surface area contributed by atoms with Crippen LogP contribution in [0.4, 0.5) is 0 Å². The summed E-state index contributed by atoms with van der Waals surface area (Å²) in [5.74, 6) is -2.58. The van der Waals surface area contributed by atoms with Gasteiger partial charge in [0, 0.05) is 0 Å². The first-order valence-electron chi connectivity index (χ1n) is 7.58. The van der Waals surface area contributed by atoms with Crippen LogP contribution in [-0.2, 0) is 32.3 Å². The number of fused-ring (bicyclic) bond motifs is 1. The second-order valence-electron chi connectivity index (χ2n) is 5.78. The molecule has 0 aromatic rings. The summed E-state index contributed by atoms with van der Waals surface area (Å²) in [5, 5.41) is 19.9. The number of aliphatic hydroxyl groups is 2. The quantitative estimate of drug-likeness (QED) is 0.639. The van der Waals surface area contributed by atoms with Gasteiger partial charge in [0.05, 0.1) is 19.8 Å². The molecule has 2 saturated heterocycles. The van der Waals surface area contributed by atoms with Crippen molar-refractivity contribution in [1.29, 1.82) is 0 Å². The Labute approximate surface area is 135 Å². The van der Waals surface area contributed by atoms with Gasteiger partial charge in [-0.2, -0.15) is 0 Å². The van der Waals surface area contributed by atoms with Gasteiger partial charge in [0.25, 0.3) is 0 Å². The molecule has 0 saturated carbocycles. The third kappa shape index (κ3) is 4.12. The average Bonchev–Trinajstić information content (AvgIpc) is 2.74. The van der Waals surface area contributed by atoms with Crippen LogP contribution in [0, 0.1) is 0 Å². The van der Waals surface area contributed by atoms with Gasteiger partial charge in [-0.05, 0) is 27.7 Å². The number of aliphatic hydroxyl groups excluding tert-OH is 2. The van der Waals surface area contributed by atoms with E-state index in [1.54, 1.807) is 27.7 Å². The van der Waals surface area contributed by atoms with Gasteiger partial charge >= 0.3 is 7.82 Å². The van der Waals surface area contributed by atoms with Crippen LogP contribution in [0.15, 0.2) is 0 Å². The predicted molar refractivity (Wildman–Crippen MR) is 77.5 cm³/mol. The maximum atomic E-state index is 12.4. The second kappa shape index (κ2) is 7.03. The fourth-order valence-electron chi connectivity index (χ4n) is 2.61. The lowest BCUT2D eigenvalue weighted by Crippen LogP contribution is -2.61. The summed E-state index contributed by atoms with van der Waals surface area (Å²) in [6, 6.07) is 0. The Hall–Kier alpha value is -0.0900. The Morgan fingerprint density at radius 3 is 2.35 bits per heavy atom. The fourth-order valence-corrected chi connectivity index (χ4v) is 3.81. The fraction of sp³-hybridized carbons (Fsp3) is 1.00. The van der Waals surface area contributed by atoms with Gasteiger partial charge in [-0.15, -0.1) is 0 Å². The van der Waals surface area contributed by atoms with Crippen LogP contribution in [0.25, 0.3) is 0 Å². The van der Waals surface area contributed by atoms with E-state index in [1.165, 1.54) is 0 Å². The summed E-state index contributed by atoms with van der Waals surface area (Å²) in [4.78, 5) is 0. The monoisotopic (exact) mass is 356 g/mol. The molecule has 9 nitrogen and oxygen atoms in total. The number of hydrogen-bond acceptors (Lipinski definition) is 9. The zero-order chi connectivity index (χ0) is 17.3. The highest BCUT2D eigenvalue weighted by Gasteiger charge is 2.62. The molecule has 2 rings (SSSR count). The third-order valence-electron chi connectivity index (χ3n) is 3.46. The van der Waals surface area contributed by atoms with E-state index in [2.05, 4.69) is 0 Å². The van der Waals surface area contributed by atoms with Crippen LogP contribution in [0.1, 0.15) is 27.7 Å². The molecule has 2 heterocycles. The third-order valence-corrected chi connectivity index (χ3v) is 5.06. The van der Waals surface area contributed by atoms with Gasteiger partial charge in [0.2, 0.25) is 5.79 Å². The Morgan fingerprint density at radius 1 is 1.17 bits per heavy atom. The van der Waals surface area contributed by atoms with Crippen LogP contribution >= 0.6 is 7.82 Å². The highest BCUT2D eigenvalue weighted by Crippen LogP contribution is 2.52. The normalized spacial score (nSPS) is 36.9. The van der Waals surface area contributed by atoms with Crippen molar-refractivity contribution in [2.24, 2.45) is 0 Å². The van der Waals surface area contributed by atoms with Crippen molar-refractivity contribution in [3.05, 3.63) is 0 Å². The van der Waals surface area contributed by atoms with Crippen molar-refractivity contribution in [2.45, 2.75) is 57.6 Å². The van der Waals surface area contributed by atoms with Gasteiger partial charge in [-0.3, -0.25) is 13.6 Å². The molecule has 2 fully saturated rings. The second-order valence-corrected chi connectivity index (χ2v) is 7.45. The van der Waals surface area contributed by atoms with Crippen molar-refractivity contribution in [2.75, 3.05) is 26.4 Å². The van der Waals surface area contributed by atoms with E-state index in [4.69, 9.17) is 27.8 Å². The number of phosphoric acid groups is 1. The summed E-state index contributed by atoms with van der Waals surface area (Å²) in [6.07, 6.45) is -3.35.